The fourth-order valence-corrected chi connectivity index (χ4v) is 4.83. The van der Waals surface area contributed by atoms with Crippen molar-refractivity contribution in [2.24, 2.45) is 0 Å². The molecule has 1 amide bonds. The number of para-hydroxylation sites is 3. The van der Waals surface area contributed by atoms with Crippen molar-refractivity contribution < 1.29 is 9.53 Å². The van der Waals surface area contributed by atoms with Crippen LogP contribution in [0.5, 0.6) is 5.75 Å². The van der Waals surface area contributed by atoms with Crippen LogP contribution in [0.3, 0.4) is 0 Å². The lowest BCUT2D eigenvalue weighted by atomic mass is 10.1. The molecule has 0 N–H and O–H groups in total. The third-order valence-electron chi connectivity index (χ3n) is 6.48. The van der Waals surface area contributed by atoms with Crippen molar-refractivity contribution in [3.8, 4) is 5.75 Å². The Bertz CT molecular complexity index is 1320. The molecule has 1 fully saturated rings. The monoisotopic (exact) mass is 439 g/mol. The van der Waals surface area contributed by atoms with Crippen molar-refractivity contribution >= 4 is 22.6 Å². The molecule has 1 atom stereocenters. The smallest absolute Gasteiger partial charge is 0.227 e. The lowest BCUT2D eigenvalue weighted by molar-refractivity contribution is -0.117. The number of rotatable bonds is 6. The minimum atomic E-state index is 0.0454. The Kier molecular flexibility index (Phi) is 5.63. The maximum atomic E-state index is 13.0. The molecule has 1 aliphatic rings. The van der Waals surface area contributed by atoms with E-state index in [4.69, 9.17) is 9.72 Å². The van der Waals surface area contributed by atoms with Crippen molar-refractivity contribution in [2.75, 3.05) is 18.1 Å². The highest BCUT2D eigenvalue weighted by Crippen LogP contribution is 2.34. The lowest BCUT2D eigenvalue weighted by Gasteiger charge is -2.20. The molecule has 1 aromatic heterocycles. The van der Waals surface area contributed by atoms with Crippen molar-refractivity contribution in [1.82, 2.24) is 9.55 Å². The molecule has 0 spiro atoms. The van der Waals surface area contributed by atoms with Gasteiger partial charge in [0.15, 0.2) is 0 Å². The van der Waals surface area contributed by atoms with Crippen LogP contribution in [0.4, 0.5) is 5.69 Å². The summed E-state index contributed by atoms with van der Waals surface area (Å²) in [6, 6.07) is 22.5. The van der Waals surface area contributed by atoms with Crippen molar-refractivity contribution in [3.05, 3.63) is 89.2 Å². The topological polar surface area (TPSA) is 47.4 Å². The van der Waals surface area contributed by atoms with Gasteiger partial charge in [-0.3, -0.25) is 4.79 Å². The molecule has 0 bridgehead atoms. The number of carbonyl (C=O) groups excluding carboxylic acids is 1. The van der Waals surface area contributed by atoms with E-state index in [1.807, 2.05) is 41.3 Å². The minimum absolute atomic E-state index is 0.0454. The number of aryl methyl sites for hydroxylation is 3. The van der Waals surface area contributed by atoms with Crippen LogP contribution >= 0.6 is 0 Å². The first-order valence-corrected chi connectivity index (χ1v) is 11.5. The molecule has 0 radical (unpaired) electrons. The van der Waals surface area contributed by atoms with Gasteiger partial charge in [0.25, 0.3) is 0 Å². The number of nitrogens with zero attached hydrogens (tertiary/aromatic N) is 3. The highest BCUT2D eigenvalue weighted by Gasteiger charge is 2.35. The third kappa shape index (κ3) is 4.11. The number of hydrogen-bond acceptors (Lipinski definition) is 3. The number of carbonyl (C=O) groups is 1. The molecular formula is C28H29N3O2. The predicted molar refractivity (Wildman–Crippen MR) is 132 cm³/mol. The fourth-order valence-electron chi connectivity index (χ4n) is 4.83. The highest BCUT2D eigenvalue weighted by atomic mass is 16.5. The van der Waals surface area contributed by atoms with Gasteiger partial charge in [-0.25, -0.2) is 4.98 Å². The summed E-state index contributed by atoms with van der Waals surface area (Å²) in [5.74, 6) is 2.07. The number of aromatic nitrogens is 2. The summed E-state index contributed by atoms with van der Waals surface area (Å²) in [5, 5.41) is 0. The van der Waals surface area contributed by atoms with E-state index in [2.05, 4.69) is 55.7 Å². The Morgan fingerprint density at radius 2 is 1.76 bits per heavy atom. The van der Waals surface area contributed by atoms with Crippen molar-refractivity contribution in [3.63, 3.8) is 0 Å². The van der Waals surface area contributed by atoms with E-state index in [9.17, 15) is 4.79 Å². The summed E-state index contributed by atoms with van der Waals surface area (Å²) >= 11 is 0. The number of amides is 1. The summed E-state index contributed by atoms with van der Waals surface area (Å²) in [7, 11) is 0. The van der Waals surface area contributed by atoms with E-state index in [1.54, 1.807) is 0 Å². The Morgan fingerprint density at radius 1 is 0.970 bits per heavy atom. The van der Waals surface area contributed by atoms with Crippen molar-refractivity contribution in [1.29, 1.82) is 0 Å². The summed E-state index contributed by atoms with van der Waals surface area (Å²) in [6.45, 7) is 8.07. The van der Waals surface area contributed by atoms with E-state index in [0.717, 1.165) is 39.4 Å². The van der Waals surface area contributed by atoms with E-state index < -0.39 is 0 Å². The maximum absolute atomic E-state index is 13.0. The molecule has 4 aromatic rings. The first-order chi connectivity index (χ1) is 16.0. The predicted octanol–water partition coefficient (Wildman–Crippen LogP) is 5.56. The number of anilines is 1. The van der Waals surface area contributed by atoms with Crippen LogP contribution in [0.1, 0.15) is 34.9 Å². The van der Waals surface area contributed by atoms with Gasteiger partial charge < -0.3 is 14.2 Å². The zero-order valence-corrected chi connectivity index (χ0v) is 19.4. The Morgan fingerprint density at radius 3 is 2.58 bits per heavy atom. The molecule has 0 aliphatic carbocycles. The van der Waals surface area contributed by atoms with Crippen LogP contribution in [0.2, 0.25) is 0 Å². The van der Waals surface area contributed by atoms with E-state index in [0.29, 0.717) is 26.1 Å². The van der Waals surface area contributed by atoms with E-state index in [1.165, 1.54) is 5.56 Å². The first-order valence-electron chi connectivity index (χ1n) is 11.5. The second-order valence-corrected chi connectivity index (χ2v) is 8.92. The second-order valence-electron chi connectivity index (χ2n) is 8.92. The standard InChI is InChI=1S/C28H29N3O2/c1-19-12-13-24(21(3)16-19)31-18-22(17-27(31)32)28-29-23-9-5-6-10-25(23)30(28)14-15-33-26-11-7-4-8-20(26)2/h4-13,16,22H,14-15,17-18H2,1-3H3/t22-/m1/s1. The average Bonchev–Trinajstić information content (AvgIpc) is 3.36. The molecule has 3 aromatic carbocycles. The Hall–Kier alpha value is -3.60. The zero-order chi connectivity index (χ0) is 22.9. The summed E-state index contributed by atoms with van der Waals surface area (Å²) < 4.78 is 8.32. The number of imidazole rings is 1. The number of ether oxygens (including phenoxy) is 1. The maximum Gasteiger partial charge on any atom is 0.227 e. The van der Waals surface area contributed by atoms with Gasteiger partial charge in [0.2, 0.25) is 5.91 Å². The summed E-state index contributed by atoms with van der Waals surface area (Å²) in [4.78, 5) is 19.9. The molecule has 33 heavy (non-hydrogen) atoms. The third-order valence-corrected chi connectivity index (χ3v) is 6.48. The van der Waals surface area contributed by atoms with Gasteiger partial charge in [-0.15, -0.1) is 0 Å². The number of fused-ring (bicyclic) bond motifs is 1. The Balaban J connectivity index is 1.42. The van der Waals surface area contributed by atoms with Gasteiger partial charge in [0.1, 0.15) is 18.2 Å². The Labute approximate surface area is 194 Å². The van der Waals surface area contributed by atoms with Gasteiger partial charge in [-0.1, -0.05) is 48.0 Å². The van der Waals surface area contributed by atoms with Crippen LogP contribution in [0.25, 0.3) is 11.0 Å². The molecule has 5 heteroatoms. The second kappa shape index (κ2) is 8.74. The molecule has 1 saturated heterocycles. The van der Waals surface area contributed by atoms with E-state index >= 15 is 0 Å². The van der Waals surface area contributed by atoms with Gasteiger partial charge in [0.05, 0.1) is 17.6 Å². The molecular weight excluding hydrogens is 410 g/mol. The minimum Gasteiger partial charge on any atom is -0.491 e. The quantitative estimate of drug-likeness (QED) is 0.395. The van der Waals surface area contributed by atoms with Gasteiger partial charge in [-0.05, 0) is 56.2 Å². The van der Waals surface area contributed by atoms with Gasteiger partial charge in [0, 0.05) is 24.6 Å². The van der Waals surface area contributed by atoms with Gasteiger partial charge in [-0.2, -0.15) is 0 Å². The first kappa shape index (κ1) is 21.3. The molecule has 2 heterocycles. The molecule has 1 aliphatic heterocycles. The van der Waals surface area contributed by atoms with Crippen LogP contribution < -0.4 is 9.64 Å². The molecule has 0 saturated carbocycles. The summed E-state index contributed by atoms with van der Waals surface area (Å²) in [6.07, 6.45) is 0.468. The fraction of sp³-hybridized carbons (Fsp3) is 0.286. The number of hydrogen-bond donors (Lipinski definition) is 0. The van der Waals surface area contributed by atoms with E-state index in [-0.39, 0.29) is 11.8 Å². The largest absolute Gasteiger partial charge is 0.491 e. The zero-order valence-electron chi connectivity index (χ0n) is 19.4. The summed E-state index contributed by atoms with van der Waals surface area (Å²) in [5.41, 5.74) is 6.50. The van der Waals surface area contributed by atoms with Crippen LogP contribution in [0, 0.1) is 20.8 Å². The van der Waals surface area contributed by atoms with Crippen molar-refractivity contribution in [2.45, 2.75) is 39.7 Å². The lowest BCUT2D eigenvalue weighted by Crippen LogP contribution is -2.25. The molecule has 5 nitrogen and oxygen atoms in total. The highest BCUT2D eigenvalue weighted by molar-refractivity contribution is 5.97. The number of benzene rings is 3. The molecule has 0 unspecified atom stereocenters. The normalized spacial score (nSPS) is 16.0. The van der Waals surface area contributed by atoms with Gasteiger partial charge >= 0.3 is 0 Å². The molecule has 168 valence electrons. The molecule has 5 rings (SSSR count). The van der Waals surface area contributed by atoms with Crippen LogP contribution in [0.15, 0.2) is 66.7 Å². The van der Waals surface area contributed by atoms with Crippen LogP contribution in [-0.2, 0) is 11.3 Å². The average molecular weight is 440 g/mol. The van der Waals surface area contributed by atoms with Crippen LogP contribution in [-0.4, -0.2) is 28.6 Å². The SMILES string of the molecule is Cc1ccc(N2C[C@H](c3nc4ccccc4n3CCOc3ccccc3C)CC2=O)c(C)c1.